The van der Waals surface area contributed by atoms with E-state index in [0.29, 0.717) is 0 Å². The maximum absolute atomic E-state index is 10.8. The number of aromatic nitrogens is 1. The SMILES string of the molecule is Nc1ccc([N+](=O)[O-])c(NN2CCCCC2)n1. The minimum absolute atomic E-state index is 0.0511. The van der Waals surface area contributed by atoms with Crippen molar-refractivity contribution >= 4 is 17.3 Å². The van der Waals surface area contributed by atoms with Gasteiger partial charge in [0.2, 0.25) is 5.82 Å². The highest BCUT2D eigenvalue weighted by atomic mass is 16.6. The molecule has 2 heterocycles. The third kappa shape index (κ3) is 2.82. The van der Waals surface area contributed by atoms with Crippen LogP contribution in [-0.2, 0) is 0 Å². The van der Waals surface area contributed by atoms with Crippen molar-refractivity contribution in [2.45, 2.75) is 19.3 Å². The predicted molar refractivity (Wildman–Crippen MR) is 64.4 cm³/mol. The van der Waals surface area contributed by atoms with E-state index in [1.54, 1.807) is 0 Å². The maximum Gasteiger partial charge on any atom is 0.312 e. The summed E-state index contributed by atoms with van der Waals surface area (Å²) in [6.45, 7) is 1.74. The van der Waals surface area contributed by atoms with Gasteiger partial charge < -0.3 is 5.73 Å². The van der Waals surface area contributed by atoms with Crippen LogP contribution in [0.5, 0.6) is 0 Å². The highest BCUT2D eigenvalue weighted by molar-refractivity contribution is 5.58. The second-order valence-electron chi connectivity index (χ2n) is 4.02. The van der Waals surface area contributed by atoms with Crippen LogP contribution in [0.25, 0.3) is 0 Å². The van der Waals surface area contributed by atoms with Gasteiger partial charge in [-0.1, -0.05) is 6.42 Å². The zero-order valence-corrected chi connectivity index (χ0v) is 9.43. The molecule has 2 rings (SSSR count). The molecule has 0 amide bonds. The summed E-state index contributed by atoms with van der Waals surface area (Å²) in [5.41, 5.74) is 8.46. The van der Waals surface area contributed by atoms with E-state index in [9.17, 15) is 10.1 Å². The van der Waals surface area contributed by atoms with Crippen LogP contribution in [0.3, 0.4) is 0 Å². The topological polar surface area (TPSA) is 97.3 Å². The Balaban J connectivity index is 2.17. The number of hydrazine groups is 1. The number of hydrogen-bond donors (Lipinski definition) is 2. The molecular weight excluding hydrogens is 222 g/mol. The van der Waals surface area contributed by atoms with Gasteiger partial charge in [0.05, 0.1) is 4.92 Å². The van der Waals surface area contributed by atoms with E-state index in [-0.39, 0.29) is 17.3 Å². The molecule has 1 aromatic rings. The van der Waals surface area contributed by atoms with Crippen molar-refractivity contribution in [3.63, 3.8) is 0 Å². The molecule has 1 aliphatic heterocycles. The highest BCUT2D eigenvalue weighted by Crippen LogP contribution is 2.24. The Morgan fingerprint density at radius 2 is 2.06 bits per heavy atom. The Labute approximate surface area is 98.7 Å². The number of pyridine rings is 1. The summed E-state index contributed by atoms with van der Waals surface area (Å²) in [4.78, 5) is 14.4. The van der Waals surface area contributed by atoms with Crippen molar-refractivity contribution in [1.29, 1.82) is 0 Å². The molecule has 0 spiro atoms. The van der Waals surface area contributed by atoms with Crippen LogP contribution in [0.1, 0.15) is 19.3 Å². The number of nitrogen functional groups attached to an aromatic ring is 1. The zero-order valence-electron chi connectivity index (χ0n) is 9.43. The van der Waals surface area contributed by atoms with Crippen LogP contribution in [0.15, 0.2) is 12.1 Å². The first-order chi connectivity index (χ1) is 8.16. The normalized spacial score (nSPS) is 16.7. The van der Waals surface area contributed by atoms with Gasteiger partial charge in [-0.25, -0.2) is 9.99 Å². The lowest BCUT2D eigenvalue weighted by molar-refractivity contribution is -0.384. The van der Waals surface area contributed by atoms with Crippen molar-refractivity contribution in [3.05, 3.63) is 22.2 Å². The molecule has 0 aliphatic carbocycles. The summed E-state index contributed by atoms with van der Waals surface area (Å²) in [5.74, 6) is 0.493. The summed E-state index contributed by atoms with van der Waals surface area (Å²) in [6.07, 6.45) is 3.37. The van der Waals surface area contributed by atoms with Gasteiger partial charge in [0.15, 0.2) is 0 Å². The van der Waals surface area contributed by atoms with Crippen molar-refractivity contribution in [2.75, 3.05) is 24.2 Å². The first-order valence-corrected chi connectivity index (χ1v) is 5.59. The molecular formula is C10H15N5O2. The number of nitrogens with one attached hydrogen (secondary N) is 1. The van der Waals surface area contributed by atoms with Gasteiger partial charge in [-0.2, -0.15) is 0 Å². The Morgan fingerprint density at radius 3 is 2.71 bits per heavy atom. The summed E-state index contributed by atoms with van der Waals surface area (Å²) in [6, 6.07) is 2.80. The lowest BCUT2D eigenvalue weighted by Gasteiger charge is -2.27. The fourth-order valence-electron chi connectivity index (χ4n) is 1.85. The van der Waals surface area contributed by atoms with E-state index >= 15 is 0 Å². The van der Waals surface area contributed by atoms with Crippen LogP contribution < -0.4 is 11.2 Å². The molecule has 3 N–H and O–H groups in total. The van der Waals surface area contributed by atoms with Gasteiger partial charge in [0, 0.05) is 19.2 Å². The van der Waals surface area contributed by atoms with E-state index in [2.05, 4.69) is 10.4 Å². The number of nitrogens with zero attached hydrogens (tertiary/aromatic N) is 3. The molecule has 0 bridgehead atoms. The van der Waals surface area contributed by atoms with Crippen LogP contribution in [0.2, 0.25) is 0 Å². The molecule has 0 saturated carbocycles. The smallest absolute Gasteiger partial charge is 0.312 e. The molecule has 7 nitrogen and oxygen atoms in total. The van der Waals surface area contributed by atoms with Gasteiger partial charge in [-0.3, -0.25) is 15.5 Å². The van der Waals surface area contributed by atoms with E-state index < -0.39 is 4.92 Å². The molecule has 1 aromatic heterocycles. The molecule has 7 heteroatoms. The number of nitro groups is 1. The Hall–Kier alpha value is -1.89. The largest absolute Gasteiger partial charge is 0.384 e. The van der Waals surface area contributed by atoms with Crippen molar-refractivity contribution in [2.24, 2.45) is 0 Å². The maximum atomic E-state index is 10.8. The molecule has 1 aliphatic rings. The lowest BCUT2D eigenvalue weighted by Crippen LogP contribution is -2.35. The molecule has 0 radical (unpaired) electrons. The summed E-state index contributed by atoms with van der Waals surface area (Å²) < 4.78 is 0. The average Bonchev–Trinajstić information content (AvgIpc) is 2.30. The average molecular weight is 237 g/mol. The van der Waals surface area contributed by atoms with E-state index in [1.165, 1.54) is 18.6 Å². The number of anilines is 2. The van der Waals surface area contributed by atoms with Gasteiger partial charge in [0.25, 0.3) is 0 Å². The van der Waals surface area contributed by atoms with E-state index in [0.717, 1.165) is 25.9 Å². The predicted octanol–water partition coefficient (Wildman–Crippen LogP) is 1.38. The van der Waals surface area contributed by atoms with Gasteiger partial charge in [-0.15, -0.1) is 0 Å². The van der Waals surface area contributed by atoms with Crippen LogP contribution in [0, 0.1) is 10.1 Å². The van der Waals surface area contributed by atoms with E-state index in [4.69, 9.17) is 5.73 Å². The number of piperidine rings is 1. The Bertz CT molecular complexity index is 417. The van der Waals surface area contributed by atoms with Crippen LogP contribution >= 0.6 is 0 Å². The fourth-order valence-corrected chi connectivity index (χ4v) is 1.85. The zero-order chi connectivity index (χ0) is 12.3. The van der Waals surface area contributed by atoms with Gasteiger partial charge in [-0.05, 0) is 18.9 Å². The molecule has 17 heavy (non-hydrogen) atoms. The van der Waals surface area contributed by atoms with Crippen LogP contribution in [-0.4, -0.2) is 28.0 Å². The van der Waals surface area contributed by atoms with Crippen molar-refractivity contribution < 1.29 is 4.92 Å². The minimum Gasteiger partial charge on any atom is -0.384 e. The highest BCUT2D eigenvalue weighted by Gasteiger charge is 2.18. The number of hydrogen-bond acceptors (Lipinski definition) is 6. The second kappa shape index (κ2) is 4.96. The summed E-state index contributed by atoms with van der Waals surface area (Å²) in [5, 5.41) is 12.8. The molecule has 92 valence electrons. The van der Waals surface area contributed by atoms with Crippen molar-refractivity contribution in [1.82, 2.24) is 9.99 Å². The molecule has 0 atom stereocenters. The van der Waals surface area contributed by atoms with Crippen molar-refractivity contribution in [3.8, 4) is 0 Å². The number of rotatable bonds is 3. The molecule has 1 fully saturated rings. The fraction of sp³-hybridized carbons (Fsp3) is 0.500. The summed E-state index contributed by atoms with van der Waals surface area (Å²) >= 11 is 0. The summed E-state index contributed by atoms with van der Waals surface area (Å²) in [7, 11) is 0. The standard InChI is InChI=1S/C10H15N5O2/c11-9-5-4-8(15(16)17)10(12-9)13-14-6-2-1-3-7-14/h4-5H,1-3,6-7H2,(H3,11,12,13). The third-order valence-corrected chi connectivity index (χ3v) is 2.71. The molecule has 0 aromatic carbocycles. The third-order valence-electron chi connectivity index (χ3n) is 2.71. The van der Waals surface area contributed by atoms with Gasteiger partial charge in [0.1, 0.15) is 5.82 Å². The minimum atomic E-state index is -0.460. The lowest BCUT2D eigenvalue weighted by atomic mass is 10.2. The quantitative estimate of drug-likeness (QED) is 0.609. The van der Waals surface area contributed by atoms with Crippen LogP contribution in [0.4, 0.5) is 17.3 Å². The number of nitrogens with two attached hydrogens (primary N) is 1. The Kier molecular flexibility index (Phi) is 3.38. The molecule has 0 unspecified atom stereocenters. The molecule has 1 saturated heterocycles. The first-order valence-electron chi connectivity index (χ1n) is 5.59. The monoisotopic (exact) mass is 237 g/mol. The second-order valence-corrected chi connectivity index (χ2v) is 4.02. The first kappa shape index (κ1) is 11.6. The van der Waals surface area contributed by atoms with Gasteiger partial charge >= 0.3 is 5.69 Å². The van der Waals surface area contributed by atoms with E-state index in [1.807, 2.05) is 5.01 Å². The Morgan fingerprint density at radius 1 is 1.35 bits per heavy atom.